The van der Waals surface area contributed by atoms with Gasteiger partial charge in [-0.1, -0.05) is 6.07 Å². The predicted octanol–water partition coefficient (Wildman–Crippen LogP) is 1.81. The fourth-order valence-corrected chi connectivity index (χ4v) is 2.50. The summed E-state index contributed by atoms with van der Waals surface area (Å²) in [5.74, 6) is -0.343. The van der Waals surface area contributed by atoms with Gasteiger partial charge in [0.15, 0.2) is 0 Å². The molecule has 1 aromatic rings. The zero-order valence-corrected chi connectivity index (χ0v) is 12.3. The van der Waals surface area contributed by atoms with E-state index >= 15 is 0 Å². The van der Waals surface area contributed by atoms with Crippen LogP contribution in [0.3, 0.4) is 0 Å². The van der Waals surface area contributed by atoms with Gasteiger partial charge in [-0.25, -0.2) is 0 Å². The Morgan fingerprint density at radius 3 is 2.45 bits per heavy atom. The first-order valence-electron chi connectivity index (χ1n) is 7.31. The van der Waals surface area contributed by atoms with Gasteiger partial charge >= 0.3 is 6.18 Å². The maximum absolute atomic E-state index is 12.7. The van der Waals surface area contributed by atoms with E-state index in [1.165, 1.54) is 12.1 Å². The smallest absolute Gasteiger partial charge is 0.336 e. The minimum absolute atomic E-state index is 0.0882. The lowest BCUT2D eigenvalue weighted by Gasteiger charge is -2.34. The molecule has 7 heteroatoms. The van der Waals surface area contributed by atoms with Gasteiger partial charge < -0.3 is 10.6 Å². The molecule has 1 aromatic carbocycles. The van der Waals surface area contributed by atoms with Crippen molar-refractivity contribution in [2.75, 3.05) is 39.3 Å². The normalized spacial score (nSPS) is 16.8. The molecule has 1 aliphatic rings. The van der Waals surface area contributed by atoms with Crippen molar-refractivity contribution in [2.45, 2.75) is 12.6 Å². The van der Waals surface area contributed by atoms with E-state index in [4.69, 9.17) is 5.73 Å². The Hall–Kier alpha value is -1.60. The number of piperazine rings is 1. The van der Waals surface area contributed by atoms with E-state index in [0.29, 0.717) is 19.6 Å². The van der Waals surface area contributed by atoms with Crippen LogP contribution in [-0.4, -0.2) is 55.0 Å². The van der Waals surface area contributed by atoms with Crippen molar-refractivity contribution in [3.8, 4) is 0 Å². The van der Waals surface area contributed by atoms with E-state index in [1.54, 1.807) is 4.90 Å². The highest BCUT2D eigenvalue weighted by molar-refractivity contribution is 5.94. The highest BCUT2D eigenvalue weighted by atomic mass is 19.4. The van der Waals surface area contributed by atoms with Crippen LogP contribution >= 0.6 is 0 Å². The van der Waals surface area contributed by atoms with Crippen LogP contribution in [0.15, 0.2) is 24.3 Å². The summed E-state index contributed by atoms with van der Waals surface area (Å²) in [7, 11) is 0. The number of carbonyl (C=O) groups excluding carboxylic acids is 1. The maximum Gasteiger partial charge on any atom is 0.416 e. The van der Waals surface area contributed by atoms with E-state index in [0.717, 1.165) is 38.2 Å². The molecule has 1 heterocycles. The first-order valence-corrected chi connectivity index (χ1v) is 7.31. The molecule has 122 valence electrons. The zero-order valence-electron chi connectivity index (χ0n) is 12.3. The number of carbonyl (C=O) groups is 1. The average molecular weight is 315 g/mol. The zero-order chi connectivity index (χ0) is 16.2. The van der Waals surface area contributed by atoms with Crippen molar-refractivity contribution in [2.24, 2.45) is 5.73 Å². The fourth-order valence-electron chi connectivity index (χ4n) is 2.50. The van der Waals surface area contributed by atoms with Crippen LogP contribution in [0.1, 0.15) is 22.3 Å². The molecule has 1 aliphatic heterocycles. The van der Waals surface area contributed by atoms with E-state index in [1.807, 2.05) is 0 Å². The van der Waals surface area contributed by atoms with Crippen LogP contribution in [0.25, 0.3) is 0 Å². The molecule has 1 fully saturated rings. The van der Waals surface area contributed by atoms with Crippen molar-refractivity contribution in [1.82, 2.24) is 9.80 Å². The minimum Gasteiger partial charge on any atom is -0.336 e. The Morgan fingerprint density at radius 2 is 1.86 bits per heavy atom. The second kappa shape index (κ2) is 7.11. The van der Waals surface area contributed by atoms with Gasteiger partial charge in [-0.05, 0) is 37.7 Å². The number of amides is 1. The van der Waals surface area contributed by atoms with Gasteiger partial charge in [-0.2, -0.15) is 13.2 Å². The van der Waals surface area contributed by atoms with Crippen LogP contribution < -0.4 is 5.73 Å². The second-order valence-corrected chi connectivity index (χ2v) is 5.35. The van der Waals surface area contributed by atoms with Crippen molar-refractivity contribution >= 4 is 5.91 Å². The third-order valence-corrected chi connectivity index (χ3v) is 3.77. The number of hydrogen-bond donors (Lipinski definition) is 1. The summed E-state index contributed by atoms with van der Waals surface area (Å²) in [5, 5.41) is 0. The molecule has 0 radical (unpaired) electrons. The molecule has 0 bridgehead atoms. The van der Waals surface area contributed by atoms with Crippen LogP contribution in [-0.2, 0) is 6.18 Å². The highest BCUT2D eigenvalue weighted by Gasteiger charge is 2.31. The molecule has 0 spiro atoms. The Labute approximate surface area is 127 Å². The molecule has 2 rings (SSSR count). The molecule has 0 saturated carbocycles. The largest absolute Gasteiger partial charge is 0.416 e. The van der Waals surface area contributed by atoms with Gasteiger partial charge in [0.25, 0.3) is 5.91 Å². The fraction of sp³-hybridized carbons (Fsp3) is 0.533. The van der Waals surface area contributed by atoms with Crippen LogP contribution in [0.5, 0.6) is 0 Å². The Kier molecular flexibility index (Phi) is 5.42. The summed E-state index contributed by atoms with van der Waals surface area (Å²) in [6.07, 6.45) is -3.53. The highest BCUT2D eigenvalue weighted by Crippen LogP contribution is 2.29. The summed E-state index contributed by atoms with van der Waals surface area (Å²) in [4.78, 5) is 16.1. The van der Waals surface area contributed by atoms with Crippen molar-refractivity contribution in [3.05, 3.63) is 35.4 Å². The number of halogens is 3. The Morgan fingerprint density at radius 1 is 1.18 bits per heavy atom. The molecule has 22 heavy (non-hydrogen) atoms. The average Bonchev–Trinajstić information content (AvgIpc) is 2.52. The summed E-state index contributed by atoms with van der Waals surface area (Å²) in [5.41, 5.74) is 4.76. The van der Waals surface area contributed by atoms with Gasteiger partial charge in [0.05, 0.1) is 5.56 Å². The number of alkyl halides is 3. The van der Waals surface area contributed by atoms with Gasteiger partial charge in [0, 0.05) is 31.7 Å². The van der Waals surface area contributed by atoms with E-state index in [2.05, 4.69) is 4.90 Å². The van der Waals surface area contributed by atoms with Gasteiger partial charge in [0.2, 0.25) is 0 Å². The van der Waals surface area contributed by atoms with Gasteiger partial charge in [-0.15, -0.1) is 0 Å². The molecular formula is C15H20F3N3O. The predicted molar refractivity (Wildman–Crippen MR) is 77.5 cm³/mol. The van der Waals surface area contributed by atoms with Gasteiger partial charge in [0.1, 0.15) is 0 Å². The van der Waals surface area contributed by atoms with E-state index < -0.39 is 11.7 Å². The maximum atomic E-state index is 12.7. The lowest BCUT2D eigenvalue weighted by Crippen LogP contribution is -2.49. The molecule has 0 aromatic heterocycles. The standard InChI is InChI=1S/C15H20F3N3O/c16-15(17,18)13-4-1-3-12(11-13)14(22)21-9-7-20(8-10-21)6-2-5-19/h1,3-4,11H,2,5-10,19H2. The number of nitrogens with zero attached hydrogens (tertiary/aromatic N) is 2. The van der Waals surface area contributed by atoms with Crippen LogP contribution in [0.4, 0.5) is 13.2 Å². The van der Waals surface area contributed by atoms with E-state index in [-0.39, 0.29) is 11.5 Å². The third-order valence-electron chi connectivity index (χ3n) is 3.77. The van der Waals surface area contributed by atoms with Crippen molar-refractivity contribution in [1.29, 1.82) is 0 Å². The van der Waals surface area contributed by atoms with E-state index in [9.17, 15) is 18.0 Å². The molecule has 0 atom stereocenters. The van der Waals surface area contributed by atoms with Crippen LogP contribution in [0, 0.1) is 0 Å². The number of benzene rings is 1. The monoisotopic (exact) mass is 315 g/mol. The molecule has 0 unspecified atom stereocenters. The quantitative estimate of drug-likeness (QED) is 0.922. The van der Waals surface area contributed by atoms with Crippen molar-refractivity contribution in [3.63, 3.8) is 0 Å². The minimum atomic E-state index is -4.43. The van der Waals surface area contributed by atoms with Gasteiger partial charge in [-0.3, -0.25) is 9.69 Å². The molecule has 1 amide bonds. The first kappa shape index (κ1) is 16.8. The number of nitrogens with two attached hydrogens (primary N) is 1. The third kappa shape index (κ3) is 4.20. The first-order chi connectivity index (χ1) is 10.4. The van der Waals surface area contributed by atoms with Crippen LogP contribution in [0.2, 0.25) is 0 Å². The molecule has 4 nitrogen and oxygen atoms in total. The lowest BCUT2D eigenvalue weighted by molar-refractivity contribution is -0.137. The molecule has 0 aliphatic carbocycles. The Bertz CT molecular complexity index is 511. The lowest BCUT2D eigenvalue weighted by atomic mass is 10.1. The molecule has 1 saturated heterocycles. The summed E-state index contributed by atoms with van der Waals surface area (Å²) in [6, 6.07) is 4.59. The molecule has 2 N–H and O–H groups in total. The topological polar surface area (TPSA) is 49.6 Å². The molecular weight excluding hydrogens is 295 g/mol. The summed E-state index contributed by atoms with van der Waals surface area (Å²) in [6.45, 7) is 4.03. The summed E-state index contributed by atoms with van der Waals surface area (Å²) >= 11 is 0. The summed E-state index contributed by atoms with van der Waals surface area (Å²) < 4.78 is 38.1. The Balaban J connectivity index is 1.98. The number of rotatable bonds is 4. The van der Waals surface area contributed by atoms with Crippen molar-refractivity contribution < 1.29 is 18.0 Å². The SMILES string of the molecule is NCCCN1CCN(C(=O)c2cccc(C(F)(F)F)c2)CC1. The second-order valence-electron chi connectivity index (χ2n) is 5.35. The number of hydrogen-bond acceptors (Lipinski definition) is 3.